The number of para-hydroxylation sites is 1. The van der Waals surface area contributed by atoms with Gasteiger partial charge in [0.25, 0.3) is 17.7 Å². The summed E-state index contributed by atoms with van der Waals surface area (Å²) in [5.74, 6) is -4.40. The monoisotopic (exact) mass is 475 g/mol. The van der Waals surface area contributed by atoms with E-state index in [9.17, 15) is 23.2 Å². The number of carbonyl (C=O) groups is 3. The van der Waals surface area contributed by atoms with Crippen molar-refractivity contribution >= 4 is 17.7 Å². The molecule has 0 spiro atoms. The van der Waals surface area contributed by atoms with Crippen LogP contribution in [0, 0.1) is 11.6 Å². The number of hydrogen-bond donors (Lipinski definition) is 3. The number of carbonyl (C=O) groups excluding carboxylic acids is 3. The predicted molar refractivity (Wildman–Crippen MR) is 123 cm³/mol. The van der Waals surface area contributed by atoms with Crippen LogP contribution < -0.4 is 16.2 Å². The maximum atomic E-state index is 13.3. The van der Waals surface area contributed by atoms with Gasteiger partial charge in [-0.2, -0.15) is 5.10 Å². The quantitative estimate of drug-likeness (QED) is 0.373. The van der Waals surface area contributed by atoms with Gasteiger partial charge in [-0.15, -0.1) is 0 Å². The molecule has 4 rings (SSSR count). The van der Waals surface area contributed by atoms with Crippen LogP contribution in [0.4, 0.5) is 8.78 Å². The van der Waals surface area contributed by atoms with Gasteiger partial charge in [-0.3, -0.25) is 25.2 Å². The molecule has 0 fully saturated rings. The van der Waals surface area contributed by atoms with E-state index in [-0.39, 0.29) is 11.1 Å². The van der Waals surface area contributed by atoms with Crippen molar-refractivity contribution in [2.24, 2.45) is 0 Å². The summed E-state index contributed by atoms with van der Waals surface area (Å²) in [7, 11) is 0. The predicted octanol–water partition coefficient (Wildman–Crippen LogP) is 3.01. The fraction of sp³-hybridized carbons (Fsp3) is 0.0400. The highest BCUT2D eigenvalue weighted by Crippen LogP contribution is 2.23. The van der Waals surface area contributed by atoms with Gasteiger partial charge in [0.05, 0.1) is 17.8 Å². The molecule has 1 heterocycles. The number of rotatable bonds is 6. The van der Waals surface area contributed by atoms with Crippen LogP contribution in [0.1, 0.15) is 20.7 Å². The minimum atomic E-state index is -1.18. The third-order valence-electron chi connectivity index (χ3n) is 4.93. The van der Waals surface area contributed by atoms with Gasteiger partial charge in [0.1, 0.15) is 5.69 Å². The minimum absolute atomic E-state index is 0.151. The molecule has 0 radical (unpaired) electrons. The lowest BCUT2D eigenvalue weighted by Crippen LogP contribution is -2.46. The van der Waals surface area contributed by atoms with Crippen LogP contribution in [-0.4, -0.2) is 34.0 Å². The van der Waals surface area contributed by atoms with Crippen LogP contribution in [0.5, 0.6) is 0 Å². The molecule has 35 heavy (non-hydrogen) atoms. The molecule has 1 aromatic heterocycles. The molecule has 3 amide bonds. The van der Waals surface area contributed by atoms with Gasteiger partial charge in [-0.05, 0) is 30.3 Å². The molecule has 0 bridgehead atoms. The summed E-state index contributed by atoms with van der Waals surface area (Å²) >= 11 is 0. The van der Waals surface area contributed by atoms with Gasteiger partial charge in [0.2, 0.25) is 0 Å². The van der Waals surface area contributed by atoms with Gasteiger partial charge in [0, 0.05) is 17.3 Å². The third-order valence-corrected chi connectivity index (χ3v) is 4.93. The van der Waals surface area contributed by atoms with Crippen molar-refractivity contribution in [3.8, 4) is 16.9 Å². The second-order valence-corrected chi connectivity index (χ2v) is 7.35. The molecular weight excluding hydrogens is 456 g/mol. The van der Waals surface area contributed by atoms with Crippen molar-refractivity contribution in [1.29, 1.82) is 0 Å². The zero-order valence-electron chi connectivity index (χ0n) is 18.2. The van der Waals surface area contributed by atoms with Gasteiger partial charge in [0.15, 0.2) is 11.6 Å². The van der Waals surface area contributed by atoms with Crippen LogP contribution in [0.3, 0.4) is 0 Å². The van der Waals surface area contributed by atoms with Crippen LogP contribution in [-0.2, 0) is 4.79 Å². The Labute approximate surface area is 198 Å². The van der Waals surface area contributed by atoms with Crippen molar-refractivity contribution in [3.63, 3.8) is 0 Å². The zero-order chi connectivity index (χ0) is 24.8. The lowest BCUT2D eigenvalue weighted by Gasteiger charge is -2.09. The summed E-state index contributed by atoms with van der Waals surface area (Å²) in [6.45, 7) is -0.507. The van der Waals surface area contributed by atoms with Crippen molar-refractivity contribution < 1.29 is 23.2 Å². The maximum absolute atomic E-state index is 13.3. The van der Waals surface area contributed by atoms with E-state index in [1.807, 2.05) is 48.5 Å². The Hall–Kier alpha value is -4.86. The van der Waals surface area contributed by atoms with Gasteiger partial charge >= 0.3 is 0 Å². The summed E-state index contributed by atoms with van der Waals surface area (Å²) in [4.78, 5) is 37.0. The normalized spacial score (nSPS) is 10.5. The number of halogens is 2. The summed E-state index contributed by atoms with van der Waals surface area (Å²) in [6.07, 6.45) is 1.55. The summed E-state index contributed by atoms with van der Waals surface area (Å²) < 4.78 is 27.9. The highest BCUT2D eigenvalue weighted by Gasteiger charge is 2.19. The molecule has 10 heteroatoms. The molecule has 4 aromatic rings. The van der Waals surface area contributed by atoms with E-state index in [2.05, 4.69) is 21.3 Å². The van der Waals surface area contributed by atoms with E-state index in [0.29, 0.717) is 11.3 Å². The molecule has 0 aliphatic heterocycles. The fourth-order valence-corrected chi connectivity index (χ4v) is 3.20. The molecule has 0 unspecified atom stereocenters. The molecule has 176 valence electrons. The Morgan fingerprint density at radius 3 is 2.17 bits per heavy atom. The molecule has 3 aromatic carbocycles. The average Bonchev–Trinajstić information content (AvgIpc) is 3.34. The first-order valence-corrected chi connectivity index (χ1v) is 10.5. The standard InChI is InChI=1S/C25H19F2N5O3/c26-20-12-11-17(13-21(20)27)24(34)28-14-22(33)29-30-25(35)19-15-32(18-9-5-2-6-10-18)31-23(19)16-7-3-1-4-8-16/h1-13,15H,14H2,(H,28,34)(H,29,33)(H,30,35). The summed E-state index contributed by atoms with van der Waals surface area (Å²) in [6, 6.07) is 20.9. The van der Waals surface area contributed by atoms with Crippen molar-refractivity contribution in [3.05, 3.63) is 108 Å². The van der Waals surface area contributed by atoms with Gasteiger partial charge < -0.3 is 5.32 Å². The van der Waals surface area contributed by atoms with Crippen LogP contribution in [0.15, 0.2) is 85.1 Å². The van der Waals surface area contributed by atoms with Gasteiger partial charge in [-0.1, -0.05) is 48.5 Å². The van der Waals surface area contributed by atoms with E-state index in [1.165, 1.54) is 0 Å². The molecule has 0 aliphatic carbocycles. The molecule has 8 nitrogen and oxygen atoms in total. The molecule has 3 N–H and O–H groups in total. The molecule has 0 saturated carbocycles. The minimum Gasteiger partial charge on any atom is -0.343 e. The van der Waals surface area contributed by atoms with Gasteiger partial charge in [-0.25, -0.2) is 13.5 Å². The fourth-order valence-electron chi connectivity index (χ4n) is 3.20. The van der Waals surface area contributed by atoms with E-state index < -0.39 is 35.9 Å². The van der Waals surface area contributed by atoms with Crippen molar-refractivity contribution in [2.45, 2.75) is 0 Å². The highest BCUT2D eigenvalue weighted by atomic mass is 19.2. The Morgan fingerprint density at radius 2 is 1.49 bits per heavy atom. The SMILES string of the molecule is O=C(CNC(=O)c1ccc(F)c(F)c1)NNC(=O)c1cn(-c2ccccc2)nc1-c1ccccc1. The number of hydrogen-bond acceptors (Lipinski definition) is 4. The second kappa shape index (κ2) is 10.4. The van der Waals surface area contributed by atoms with E-state index >= 15 is 0 Å². The summed E-state index contributed by atoms with van der Waals surface area (Å²) in [5.41, 5.74) is 6.43. The van der Waals surface area contributed by atoms with Crippen LogP contribution in [0.2, 0.25) is 0 Å². The number of aromatic nitrogens is 2. The van der Waals surface area contributed by atoms with E-state index in [4.69, 9.17) is 0 Å². The third kappa shape index (κ3) is 5.56. The maximum Gasteiger partial charge on any atom is 0.273 e. The van der Waals surface area contributed by atoms with Crippen LogP contribution >= 0.6 is 0 Å². The molecule has 0 atom stereocenters. The number of hydrazine groups is 1. The second-order valence-electron chi connectivity index (χ2n) is 7.35. The molecule has 0 saturated heterocycles. The Bertz CT molecular complexity index is 1370. The first kappa shape index (κ1) is 23.3. The number of amides is 3. The van der Waals surface area contributed by atoms with Crippen LogP contribution in [0.25, 0.3) is 16.9 Å². The van der Waals surface area contributed by atoms with E-state index in [0.717, 1.165) is 23.9 Å². The Morgan fingerprint density at radius 1 is 0.800 bits per heavy atom. The number of nitrogens with zero attached hydrogens (tertiary/aromatic N) is 2. The smallest absolute Gasteiger partial charge is 0.273 e. The average molecular weight is 475 g/mol. The lowest BCUT2D eigenvalue weighted by atomic mass is 10.1. The van der Waals surface area contributed by atoms with Crippen molar-refractivity contribution in [2.75, 3.05) is 6.54 Å². The molecule has 0 aliphatic rings. The first-order chi connectivity index (χ1) is 16.9. The first-order valence-electron chi connectivity index (χ1n) is 10.5. The molecular formula is C25H19F2N5O3. The summed E-state index contributed by atoms with van der Waals surface area (Å²) in [5, 5.41) is 6.80. The zero-order valence-corrected chi connectivity index (χ0v) is 18.2. The number of benzene rings is 3. The topological polar surface area (TPSA) is 105 Å². The van der Waals surface area contributed by atoms with Crippen molar-refractivity contribution in [1.82, 2.24) is 25.9 Å². The number of nitrogens with one attached hydrogen (secondary N) is 3. The largest absolute Gasteiger partial charge is 0.343 e. The lowest BCUT2D eigenvalue weighted by molar-refractivity contribution is -0.120. The van der Waals surface area contributed by atoms with E-state index in [1.54, 1.807) is 23.0 Å². The Balaban J connectivity index is 1.42. The highest BCUT2D eigenvalue weighted by molar-refractivity contribution is 6.01. The Kier molecular flexibility index (Phi) is 6.91.